The second kappa shape index (κ2) is 8.06. The van der Waals surface area contributed by atoms with Gasteiger partial charge in [0.15, 0.2) is 0 Å². The van der Waals surface area contributed by atoms with Crippen LogP contribution < -0.4 is 0 Å². The summed E-state index contributed by atoms with van der Waals surface area (Å²) in [4.78, 5) is 0. The second-order valence-electron chi connectivity index (χ2n) is 3.05. The molecule has 0 heterocycles. The maximum Gasteiger partial charge on any atom is 0.0468 e. The number of hydrogen-bond donors (Lipinski definition) is 0. The first-order chi connectivity index (χ1) is 5.35. The van der Waals surface area contributed by atoms with Gasteiger partial charge in [0, 0.05) is 13.2 Å². The summed E-state index contributed by atoms with van der Waals surface area (Å²) in [6.07, 6.45) is 5.23. The lowest BCUT2D eigenvalue weighted by Gasteiger charge is -2.12. The molecule has 1 unspecified atom stereocenters. The predicted molar refractivity (Wildman–Crippen MR) is 49.8 cm³/mol. The van der Waals surface area contributed by atoms with Crippen LogP contribution in [0.25, 0.3) is 0 Å². The molecule has 1 atom stereocenters. The molecule has 0 bridgehead atoms. The fraction of sp³-hybridized carbons (Fsp3) is 1.00. The zero-order valence-electron chi connectivity index (χ0n) is 8.23. The van der Waals surface area contributed by atoms with Gasteiger partial charge in [0.05, 0.1) is 0 Å². The first-order valence-electron chi connectivity index (χ1n) is 4.92. The molecule has 68 valence electrons. The first-order valence-corrected chi connectivity index (χ1v) is 4.92. The number of hydrogen-bond acceptors (Lipinski definition) is 1. The highest BCUT2D eigenvalue weighted by Gasteiger charge is 2.03. The van der Waals surface area contributed by atoms with Crippen LogP contribution in [-0.4, -0.2) is 13.2 Å². The SMILES string of the molecule is CCCC(CC)CCOCC. The van der Waals surface area contributed by atoms with Crippen LogP contribution in [0.5, 0.6) is 0 Å². The summed E-state index contributed by atoms with van der Waals surface area (Å²) < 4.78 is 5.31. The van der Waals surface area contributed by atoms with E-state index in [0.29, 0.717) is 0 Å². The van der Waals surface area contributed by atoms with Crippen molar-refractivity contribution in [3.05, 3.63) is 0 Å². The van der Waals surface area contributed by atoms with E-state index in [1.807, 2.05) is 0 Å². The molecule has 0 aromatic rings. The summed E-state index contributed by atoms with van der Waals surface area (Å²) in [6.45, 7) is 8.40. The van der Waals surface area contributed by atoms with E-state index in [2.05, 4.69) is 20.8 Å². The first kappa shape index (κ1) is 11.0. The summed E-state index contributed by atoms with van der Waals surface area (Å²) in [5, 5.41) is 0. The molecule has 11 heavy (non-hydrogen) atoms. The minimum atomic E-state index is 0.864. The monoisotopic (exact) mass is 158 g/mol. The van der Waals surface area contributed by atoms with E-state index in [9.17, 15) is 0 Å². The molecule has 0 aromatic heterocycles. The minimum absolute atomic E-state index is 0.864. The molecule has 0 aliphatic carbocycles. The molecule has 0 aromatic carbocycles. The minimum Gasteiger partial charge on any atom is -0.382 e. The number of ether oxygens (including phenoxy) is 1. The third-order valence-corrected chi connectivity index (χ3v) is 2.15. The molecule has 1 heteroatoms. The van der Waals surface area contributed by atoms with Crippen molar-refractivity contribution < 1.29 is 4.74 Å². The standard InChI is InChI=1S/C10H22O/c1-4-7-10(5-2)8-9-11-6-3/h10H,4-9H2,1-3H3. The fourth-order valence-electron chi connectivity index (χ4n) is 1.36. The van der Waals surface area contributed by atoms with Crippen molar-refractivity contribution in [3.63, 3.8) is 0 Å². The molecule has 0 saturated heterocycles. The molecule has 0 saturated carbocycles. The molecule has 0 aliphatic rings. The van der Waals surface area contributed by atoms with E-state index in [1.165, 1.54) is 25.7 Å². The van der Waals surface area contributed by atoms with Crippen LogP contribution in [0.3, 0.4) is 0 Å². The molecule has 0 aliphatic heterocycles. The van der Waals surface area contributed by atoms with Gasteiger partial charge in [-0.1, -0.05) is 33.1 Å². The fourth-order valence-corrected chi connectivity index (χ4v) is 1.36. The Morgan fingerprint density at radius 3 is 2.27 bits per heavy atom. The molecule has 0 fully saturated rings. The van der Waals surface area contributed by atoms with Gasteiger partial charge in [-0.3, -0.25) is 0 Å². The summed E-state index contributed by atoms with van der Waals surface area (Å²) >= 11 is 0. The Morgan fingerprint density at radius 2 is 1.82 bits per heavy atom. The van der Waals surface area contributed by atoms with Crippen LogP contribution in [0.2, 0.25) is 0 Å². The maximum atomic E-state index is 5.31. The van der Waals surface area contributed by atoms with Crippen LogP contribution in [0.15, 0.2) is 0 Å². The van der Waals surface area contributed by atoms with Crippen molar-refractivity contribution in [3.8, 4) is 0 Å². The van der Waals surface area contributed by atoms with Crippen LogP contribution in [-0.2, 0) is 4.74 Å². The van der Waals surface area contributed by atoms with Crippen LogP contribution >= 0.6 is 0 Å². The zero-order chi connectivity index (χ0) is 8.53. The van der Waals surface area contributed by atoms with Crippen LogP contribution in [0.4, 0.5) is 0 Å². The smallest absolute Gasteiger partial charge is 0.0468 e. The average molecular weight is 158 g/mol. The lowest BCUT2D eigenvalue weighted by molar-refractivity contribution is 0.129. The lowest BCUT2D eigenvalue weighted by Crippen LogP contribution is -2.03. The Bertz CT molecular complexity index is 71.3. The highest BCUT2D eigenvalue weighted by atomic mass is 16.5. The van der Waals surface area contributed by atoms with E-state index >= 15 is 0 Å². The van der Waals surface area contributed by atoms with E-state index in [4.69, 9.17) is 4.74 Å². The van der Waals surface area contributed by atoms with Gasteiger partial charge in [-0.25, -0.2) is 0 Å². The third-order valence-electron chi connectivity index (χ3n) is 2.15. The topological polar surface area (TPSA) is 9.23 Å². The molecule has 1 nitrogen and oxygen atoms in total. The summed E-state index contributed by atoms with van der Waals surface area (Å²) in [5.74, 6) is 0.895. The summed E-state index contributed by atoms with van der Waals surface area (Å²) in [6, 6.07) is 0. The Labute approximate surface area is 71.1 Å². The van der Waals surface area contributed by atoms with E-state index < -0.39 is 0 Å². The molecule has 0 spiro atoms. The zero-order valence-corrected chi connectivity index (χ0v) is 8.23. The predicted octanol–water partition coefficient (Wildman–Crippen LogP) is 3.24. The van der Waals surface area contributed by atoms with Crippen molar-refractivity contribution in [2.45, 2.75) is 46.5 Å². The van der Waals surface area contributed by atoms with Crippen molar-refractivity contribution in [1.29, 1.82) is 0 Å². The van der Waals surface area contributed by atoms with Gasteiger partial charge in [-0.05, 0) is 19.3 Å². The van der Waals surface area contributed by atoms with Gasteiger partial charge in [0.25, 0.3) is 0 Å². The molecule has 0 N–H and O–H groups in total. The van der Waals surface area contributed by atoms with Gasteiger partial charge in [-0.15, -0.1) is 0 Å². The summed E-state index contributed by atoms with van der Waals surface area (Å²) in [7, 11) is 0. The van der Waals surface area contributed by atoms with Crippen molar-refractivity contribution in [2.75, 3.05) is 13.2 Å². The quantitative estimate of drug-likeness (QED) is 0.517. The van der Waals surface area contributed by atoms with E-state index in [1.54, 1.807) is 0 Å². The maximum absolute atomic E-state index is 5.31. The lowest BCUT2D eigenvalue weighted by atomic mass is 9.98. The molecule has 0 rings (SSSR count). The van der Waals surface area contributed by atoms with Crippen molar-refractivity contribution in [2.24, 2.45) is 5.92 Å². The van der Waals surface area contributed by atoms with Gasteiger partial charge in [-0.2, -0.15) is 0 Å². The van der Waals surface area contributed by atoms with E-state index in [-0.39, 0.29) is 0 Å². The second-order valence-corrected chi connectivity index (χ2v) is 3.05. The van der Waals surface area contributed by atoms with Crippen molar-refractivity contribution >= 4 is 0 Å². The average Bonchev–Trinajstić information content (AvgIpc) is 2.03. The molecule has 0 amide bonds. The summed E-state index contributed by atoms with van der Waals surface area (Å²) in [5.41, 5.74) is 0. The Hall–Kier alpha value is -0.0400. The Kier molecular flexibility index (Phi) is 8.03. The van der Waals surface area contributed by atoms with Crippen LogP contribution in [0.1, 0.15) is 46.5 Å². The largest absolute Gasteiger partial charge is 0.382 e. The third kappa shape index (κ3) is 6.36. The Morgan fingerprint density at radius 1 is 1.09 bits per heavy atom. The highest BCUT2D eigenvalue weighted by Crippen LogP contribution is 2.14. The van der Waals surface area contributed by atoms with Gasteiger partial charge in [0.1, 0.15) is 0 Å². The van der Waals surface area contributed by atoms with Crippen LogP contribution in [0, 0.1) is 5.92 Å². The van der Waals surface area contributed by atoms with Gasteiger partial charge in [0.2, 0.25) is 0 Å². The van der Waals surface area contributed by atoms with Gasteiger partial charge >= 0.3 is 0 Å². The highest BCUT2D eigenvalue weighted by molar-refractivity contribution is 4.55. The molecular formula is C10H22O. The van der Waals surface area contributed by atoms with Crippen molar-refractivity contribution in [1.82, 2.24) is 0 Å². The molecule has 0 radical (unpaired) electrons. The van der Waals surface area contributed by atoms with Gasteiger partial charge < -0.3 is 4.74 Å². The molecular weight excluding hydrogens is 136 g/mol. The van der Waals surface area contributed by atoms with E-state index in [0.717, 1.165) is 19.1 Å². The normalized spacial score (nSPS) is 13.4. The number of rotatable bonds is 7. The Balaban J connectivity index is 3.20.